The van der Waals surface area contributed by atoms with E-state index >= 15 is 0 Å². The first-order valence-electron chi connectivity index (χ1n) is 8.44. The molecule has 0 aliphatic heterocycles. The molecule has 6 heteroatoms. The average Bonchev–Trinajstić information content (AvgIpc) is 3.14. The fourth-order valence-corrected chi connectivity index (χ4v) is 3.27. The number of imidazole rings is 1. The van der Waals surface area contributed by atoms with Crippen molar-refractivity contribution in [3.63, 3.8) is 0 Å². The molecular formula is C20H20FN3OS. The van der Waals surface area contributed by atoms with Crippen LogP contribution in [0.15, 0.2) is 71.9 Å². The molecule has 0 bridgehead atoms. The van der Waals surface area contributed by atoms with E-state index in [1.165, 1.54) is 23.9 Å². The van der Waals surface area contributed by atoms with Gasteiger partial charge in [-0.05, 0) is 30.7 Å². The number of aryl methyl sites for hydroxylation is 1. The highest BCUT2D eigenvalue weighted by Gasteiger charge is 2.06. The normalized spacial score (nSPS) is 10.7. The molecule has 0 spiro atoms. The zero-order chi connectivity index (χ0) is 18.2. The van der Waals surface area contributed by atoms with Crippen molar-refractivity contribution >= 4 is 17.7 Å². The minimum absolute atomic E-state index is 0.0201. The number of halogens is 1. The largest absolute Gasteiger partial charge is 0.355 e. The smallest absolute Gasteiger partial charge is 0.230 e. The maximum Gasteiger partial charge on any atom is 0.230 e. The van der Waals surface area contributed by atoms with Gasteiger partial charge in [0.15, 0.2) is 0 Å². The molecule has 0 aliphatic carbocycles. The SMILES string of the molecule is O=C(CSc1ccc(F)cc1)NCCCn1ccnc1-c1ccccc1. The summed E-state index contributed by atoms with van der Waals surface area (Å²) in [4.78, 5) is 17.2. The van der Waals surface area contributed by atoms with Gasteiger partial charge in [-0.15, -0.1) is 11.8 Å². The van der Waals surface area contributed by atoms with Crippen LogP contribution in [0.4, 0.5) is 4.39 Å². The number of hydrogen-bond acceptors (Lipinski definition) is 3. The summed E-state index contributed by atoms with van der Waals surface area (Å²) in [5.74, 6) is 0.969. The lowest BCUT2D eigenvalue weighted by molar-refractivity contribution is -0.118. The van der Waals surface area contributed by atoms with Crippen LogP contribution >= 0.6 is 11.8 Å². The molecule has 26 heavy (non-hydrogen) atoms. The minimum Gasteiger partial charge on any atom is -0.355 e. The van der Waals surface area contributed by atoms with Crippen LogP contribution in [0.2, 0.25) is 0 Å². The molecule has 0 radical (unpaired) electrons. The predicted molar refractivity (Wildman–Crippen MR) is 102 cm³/mol. The lowest BCUT2D eigenvalue weighted by atomic mass is 10.2. The molecular weight excluding hydrogens is 349 g/mol. The number of rotatable bonds is 8. The Balaban J connectivity index is 1.40. The second-order valence-corrected chi connectivity index (χ2v) is 6.81. The molecule has 134 valence electrons. The van der Waals surface area contributed by atoms with Gasteiger partial charge in [-0.1, -0.05) is 30.3 Å². The van der Waals surface area contributed by atoms with Crippen molar-refractivity contribution in [3.05, 3.63) is 72.8 Å². The van der Waals surface area contributed by atoms with E-state index in [4.69, 9.17) is 0 Å². The summed E-state index contributed by atoms with van der Waals surface area (Å²) < 4.78 is 14.9. The van der Waals surface area contributed by atoms with E-state index in [0.29, 0.717) is 12.3 Å². The third-order valence-electron chi connectivity index (χ3n) is 3.83. The number of amides is 1. The molecule has 4 nitrogen and oxygen atoms in total. The van der Waals surface area contributed by atoms with Gasteiger partial charge >= 0.3 is 0 Å². The molecule has 3 aromatic rings. The molecule has 0 unspecified atom stereocenters. The highest BCUT2D eigenvalue weighted by Crippen LogP contribution is 2.18. The van der Waals surface area contributed by atoms with Crippen molar-refractivity contribution in [1.82, 2.24) is 14.9 Å². The molecule has 1 aromatic heterocycles. The van der Waals surface area contributed by atoms with Crippen molar-refractivity contribution in [2.24, 2.45) is 0 Å². The molecule has 0 aliphatic rings. The first-order chi connectivity index (χ1) is 12.7. The monoisotopic (exact) mass is 369 g/mol. The van der Waals surface area contributed by atoms with Crippen LogP contribution in [-0.2, 0) is 11.3 Å². The summed E-state index contributed by atoms with van der Waals surface area (Å²) in [6.07, 6.45) is 4.57. The Kier molecular flexibility index (Phi) is 6.44. The summed E-state index contributed by atoms with van der Waals surface area (Å²) in [6.45, 7) is 1.39. The molecule has 1 amide bonds. The zero-order valence-electron chi connectivity index (χ0n) is 14.3. The van der Waals surface area contributed by atoms with Gasteiger partial charge in [0.1, 0.15) is 11.6 Å². The lowest BCUT2D eigenvalue weighted by Gasteiger charge is -2.09. The molecule has 0 fully saturated rings. The van der Waals surface area contributed by atoms with Gasteiger partial charge in [0.05, 0.1) is 5.75 Å². The first kappa shape index (κ1) is 18.2. The Labute approximate surface area is 156 Å². The Morgan fingerprint density at radius 2 is 1.88 bits per heavy atom. The highest BCUT2D eigenvalue weighted by molar-refractivity contribution is 8.00. The third-order valence-corrected chi connectivity index (χ3v) is 4.84. The van der Waals surface area contributed by atoms with E-state index in [2.05, 4.69) is 14.9 Å². The minimum atomic E-state index is -0.270. The van der Waals surface area contributed by atoms with Crippen LogP contribution in [0.25, 0.3) is 11.4 Å². The van der Waals surface area contributed by atoms with Crippen molar-refractivity contribution in [1.29, 1.82) is 0 Å². The number of nitrogens with zero attached hydrogens (tertiary/aromatic N) is 2. The average molecular weight is 369 g/mol. The van der Waals surface area contributed by atoms with Crippen LogP contribution in [0, 0.1) is 5.82 Å². The van der Waals surface area contributed by atoms with Gasteiger partial charge in [-0.25, -0.2) is 9.37 Å². The Bertz CT molecular complexity index is 834. The number of hydrogen-bond donors (Lipinski definition) is 1. The van der Waals surface area contributed by atoms with E-state index in [9.17, 15) is 9.18 Å². The zero-order valence-corrected chi connectivity index (χ0v) is 15.1. The van der Waals surface area contributed by atoms with Gasteiger partial charge in [0.25, 0.3) is 0 Å². The van der Waals surface area contributed by atoms with Gasteiger partial charge < -0.3 is 9.88 Å². The van der Waals surface area contributed by atoms with E-state index in [0.717, 1.165) is 29.2 Å². The van der Waals surface area contributed by atoms with E-state index in [1.807, 2.05) is 36.5 Å². The molecule has 3 rings (SSSR count). The summed E-state index contributed by atoms with van der Waals surface area (Å²) in [6, 6.07) is 16.2. The summed E-state index contributed by atoms with van der Waals surface area (Å²) in [5, 5.41) is 2.92. The maximum absolute atomic E-state index is 12.8. The van der Waals surface area contributed by atoms with Crippen molar-refractivity contribution in [2.75, 3.05) is 12.3 Å². The van der Waals surface area contributed by atoms with Crippen LogP contribution in [0.5, 0.6) is 0 Å². The highest BCUT2D eigenvalue weighted by atomic mass is 32.2. The number of carbonyl (C=O) groups is 1. The molecule has 1 heterocycles. The number of benzene rings is 2. The van der Waals surface area contributed by atoms with Gasteiger partial charge in [-0.2, -0.15) is 0 Å². The number of thioether (sulfide) groups is 1. The van der Waals surface area contributed by atoms with Gasteiger partial charge in [-0.3, -0.25) is 4.79 Å². The Morgan fingerprint density at radius 3 is 2.65 bits per heavy atom. The lowest BCUT2D eigenvalue weighted by Crippen LogP contribution is -2.26. The van der Waals surface area contributed by atoms with Crippen LogP contribution < -0.4 is 5.32 Å². The third kappa shape index (κ3) is 5.20. The molecule has 0 atom stereocenters. The number of nitrogens with one attached hydrogen (secondary N) is 1. The number of carbonyl (C=O) groups excluding carboxylic acids is 1. The molecule has 1 N–H and O–H groups in total. The quantitative estimate of drug-likeness (QED) is 0.482. The fourth-order valence-electron chi connectivity index (χ4n) is 2.55. The number of aromatic nitrogens is 2. The molecule has 0 saturated carbocycles. The van der Waals surface area contributed by atoms with Crippen molar-refractivity contribution in [2.45, 2.75) is 17.9 Å². The second-order valence-electron chi connectivity index (χ2n) is 5.76. The van der Waals surface area contributed by atoms with Crippen LogP contribution in [0.3, 0.4) is 0 Å². The maximum atomic E-state index is 12.8. The Hall–Kier alpha value is -2.60. The first-order valence-corrected chi connectivity index (χ1v) is 9.42. The predicted octanol–water partition coefficient (Wildman–Crippen LogP) is 3.99. The van der Waals surface area contributed by atoms with Gasteiger partial charge in [0, 0.05) is 35.9 Å². The topological polar surface area (TPSA) is 46.9 Å². The second kappa shape index (κ2) is 9.20. The standard InChI is InChI=1S/C20H20FN3OS/c21-17-7-9-18(10-8-17)26-15-19(25)22-11-4-13-24-14-12-23-20(24)16-5-2-1-3-6-16/h1-3,5-10,12,14H,4,11,13,15H2,(H,22,25). The van der Waals surface area contributed by atoms with Crippen LogP contribution in [0.1, 0.15) is 6.42 Å². The summed E-state index contributed by atoms with van der Waals surface area (Å²) in [7, 11) is 0. The molecule has 2 aromatic carbocycles. The molecule has 0 saturated heterocycles. The summed E-state index contributed by atoms with van der Waals surface area (Å²) >= 11 is 1.40. The van der Waals surface area contributed by atoms with Crippen molar-refractivity contribution < 1.29 is 9.18 Å². The van der Waals surface area contributed by atoms with Crippen LogP contribution in [-0.4, -0.2) is 27.8 Å². The van der Waals surface area contributed by atoms with Gasteiger partial charge in [0.2, 0.25) is 5.91 Å². The summed E-state index contributed by atoms with van der Waals surface area (Å²) in [5.41, 5.74) is 1.08. The van der Waals surface area contributed by atoms with Crippen molar-refractivity contribution in [3.8, 4) is 11.4 Å². The van der Waals surface area contributed by atoms with E-state index < -0.39 is 0 Å². The Morgan fingerprint density at radius 1 is 1.12 bits per heavy atom. The van der Waals surface area contributed by atoms with E-state index in [-0.39, 0.29) is 11.7 Å². The fraction of sp³-hybridized carbons (Fsp3) is 0.200. The van der Waals surface area contributed by atoms with E-state index in [1.54, 1.807) is 18.3 Å².